The Morgan fingerprint density at radius 3 is 2.83 bits per heavy atom. The number of hydrogen-bond donors (Lipinski definition) is 1. The van der Waals surface area contributed by atoms with Gasteiger partial charge >= 0.3 is 6.03 Å². The van der Waals surface area contributed by atoms with E-state index in [0.29, 0.717) is 35.3 Å². The molecule has 1 aliphatic rings. The molecule has 2 heterocycles. The van der Waals surface area contributed by atoms with Gasteiger partial charge in [-0.05, 0) is 37.8 Å². The summed E-state index contributed by atoms with van der Waals surface area (Å²) in [6.07, 6.45) is 3.62. The molecule has 0 saturated carbocycles. The van der Waals surface area contributed by atoms with Gasteiger partial charge in [0.1, 0.15) is 11.6 Å². The van der Waals surface area contributed by atoms with Gasteiger partial charge in [0.05, 0.1) is 17.9 Å². The number of fused-ring (bicyclic) bond motifs is 1. The number of aromatic nitrogens is 2. The lowest BCUT2D eigenvalue weighted by Crippen LogP contribution is -2.48. The van der Waals surface area contributed by atoms with E-state index < -0.39 is 5.82 Å². The van der Waals surface area contributed by atoms with Crippen molar-refractivity contribution < 1.29 is 9.18 Å². The maximum absolute atomic E-state index is 13.6. The Morgan fingerprint density at radius 2 is 2.17 bits per heavy atom. The highest BCUT2D eigenvalue weighted by atomic mass is 32.2. The van der Waals surface area contributed by atoms with Crippen molar-refractivity contribution >= 4 is 35.0 Å². The molecule has 0 fully saturated rings. The second-order valence-electron chi connectivity index (χ2n) is 5.48. The number of thioether (sulfide) groups is 1. The zero-order valence-electron chi connectivity index (χ0n) is 13.7. The first-order valence-electron chi connectivity index (χ1n) is 7.50. The number of amides is 2. The third-order valence-corrected chi connectivity index (χ3v) is 4.53. The molecule has 0 saturated heterocycles. The van der Waals surface area contributed by atoms with Crippen LogP contribution in [-0.4, -0.2) is 28.8 Å². The summed E-state index contributed by atoms with van der Waals surface area (Å²) >= 11 is 1.43. The smallest absolute Gasteiger partial charge is 0.330 e. The average molecular weight is 347 g/mol. The topological polar surface area (TPSA) is 75.4 Å². The number of nitrogen functional groups attached to an aromatic ring is 1. The Morgan fingerprint density at radius 1 is 1.42 bits per heavy atom. The quantitative estimate of drug-likeness (QED) is 0.524. The van der Waals surface area contributed by atoms with E-state index in [1.807, 2.05) is 13.2 Å². The first-order valence-corrected chi connectivity index (χ1v) is 8.73. The number of nitrogens with two attached hydrogens (primary N) is 1. The van der Waals surface area contributed by atoms with E-state index in [-0.39, 0.29) is 11.7 Å². The lowest BCUT2D eigenvalue weighted by Gasteiger charge is -2.36. The number of carbonyl (C=O) groups is 1. The average Bonchev–Trinajstić information content (AvgIpc) is 2.57. The molecule has 2 amide bonds. The molecule has 3 rings (SSSR count). The van der Waals surface area contributed by atoms with Gasteiger partial charge in [-0.1, -0.05) is 11.8 Å². The van der Waals surface area contributed by atoms with Gasteiger partial charge in [0.25, 0.3) is 0 Å². The minimum atomic E-state index is -0.485. The zero-order chi connectivity index (χ0) is 17.4. The van der Waals surface area contributed by atoms with Gasteiger partial charge in [-0.3, -0.25) is 9.80 Å². The first-order chi connectivity index (χ1) is 11.5. The third-order valence-electron chi connectivity index (χ3n) is 3.97. The van der Waals surface area contributed by atoms with Crippen LogP contribution in [0.25, 0.3) is 0 Å². The van der Waals surface area contributed by atoms with Crippen molar-refractivity contribution in [2.24, 2.45) is 0 Å². The SMILES string of the molecule is CCN1C(=O)N(c2cc(N)c(F)cc2C)Cc2cnc(SC)nc21. The van der Waals surface area contributed by atoms with Crippen LogP contribution in [0.1, 0.15) is 18.1 Å². The zero-order valence-corrected chi connectivity index (χ0v) is 14.5. The van der Waals surface area contributed by atoms with Gasteiger partial charge in [0, 0.05) is 18.3 Å². The molecular formula is C16H18FN5OS. The number of benzene rings is 1. The molecule has 126 valence electrons. The Bertz CT molecular complexity index is 813. The molecule has 0 bridgehead atoms. The number of urea groups is 1. The fourth-order valence-electron chi connectivity index (χ4n) is 2.74. The van der Waals surface area contributed by atoms with Crippen molar-refractivity contribution in [1.82, 2.24) is 9.97 Å². The molecule has 1 aliphatic heterocycles. The number of halogens is 1. The second kappa shape index (κ2) is 6.27. The normalized spacial score (nSPS) is 14.1. The number of carbonyl (C=O) groups excluding carboxylic acids is 1. The van der Waals surface area contributed by atoms with Crippen LogP contribution in [0.3, 0.4) is 0 Å². The summed E-state index contributed by atoms with van der Waals surface area (Å²) in [7, 11) is 0. The maximum atomic E-state index is 13.6. The van der Waals surface area contributed by atoms with Crippen LogP contribution < -0.4 is 15.5 Å². The Hall–Kier alpha value is -2.35. The molecule has 2 aromatic rings. The summed E-state index contributed by atoms with van der Waals surface area (Å²) in [6.45, 7) is 4.44. The van der Waals surface area contributed by atoms with E-state index in [4.69, 9.17) is 5.73 Å². The van der Waals surface area contributed by atoms with Crippen LogP contribution in [0.4, 0.5) is 26.4 Å². The molecule has 0 atom stereocenters. The van der Waals surface area contributed by atoms with Crippen molar-refractivity contribution in [1.29, 1.82) is 0 Å². The van der Waals surface area contributed by atoms with Crippen molar-refractivity contribution in [3.05, 3.63) is 35.3 Å². The van der Waals surface area contributed by atoms with Crippen LogP contribution in [0.5, 0.6) is 0 Å². The number of anilines is 3. The minimum Gasteiger partial charge on any atom is -0.396 e. The summed E-state index contributed by atoms with van der Waals surface area (Å²) in [6, 6.07) is 2.64. The summed E-state index contributed by atoms with van der Waals surface area (Å²) in [5.74, 6) is 0.146. The molecule has 0 unspecified atom stereocenters. The van der Waals surface area contributed by atoms with Gasteiger partial charge in [-0.2, -0.15) is 0 Å². The van der Waals surface area contributed by atoms with E-state index in [0.717, 1.165) is 5.56 Å². The molecule has 0 radical (unpaired) electrons. The van der Waals surface area contributed by atoms with Crippen LogP contribution in [0.15, 0.2) is 23.5 Å². The lowest BCUT2D eigenvalue weighted by molar-refractivity contribution is 0.250. The molecule has 6 nitrogen and oxygen atoms in total. The highest BCUT2D eigenvalue weighted by molar-refractivity contribution is 7.98. The van der Waals surface area contributed by atoms with Gasteiger partial charge in [0.2, 0.25) is 0 Å². The van der Waals surface area contributed by atoms with E-state index in [1.165, 1.54) is 23.9 Å². The van der Waals surface area contributed by atoms with Crippen molar-refractivity contribution in [2.45, 2.75) is 25.5 Å². The van der Waals surface area contributed by atoms with Crippen LogP contribution in [0.2, 0.25) is 0 Å². The van der Waals surface area contributed by atoms with E-state index >= 15 is 0 Å². The number of aryl methyl sites for hydroxylation is 1. The molecule has 24 heavy (non-hydrogen) atoms. The van der Waals surface area contributed by atoms with Gasteiger partial charge in [0.15, 0.2) is 5.16 Å². The predicted molar refractivity (Wildman–Crippen MR) is 94.0 cm³/mol. The number of nitrogens with zero attached hydrogens (tertiary/aromatic N) is 4. The highest BCUT2D eigenvalue weighted by Gasteiger charge is 2.33. The third kappa shape index (κ3) is 2.66. The largest absolute Gasteiger partial charge is 0.396 e. The van der Waals surface area contributed by atoms with Crippen molar-refractivity contribution in [3.8, 4) is 0 Å². The summed E-state index contributed by atoms with van der Waals surface area (Å²) in [5, 5.41) is 0.621. The van der Waals surface area contributed by atoms with Gasteiger partial charge < -0.3 is 5.73 Å². The van der Waals surface area contributed by atoms with Gasteiger partial charge in [-0.25, -0.2) is 19.2 Å². The molecule has 0 aliphatic carbocycles. The van der Waals surface area contributed by atoms with E-state index in [9.17, 15) is 9.18 Å². The van der Waals surface area contributed by atoms with Crippen molar-refractivity contribution in [2.75, 3.05) is 28.3 Å². The monoisotopic (exact) mass is 347 g/mol. The molecular weight excluding hydrogens is 329 g/mol. The van der Waals surface area contributed by atoms with E-state index in [1.54, 1.807) is 22.9 Å². The number of hydrogen-bond acceptors (Lipinski definition) is 5. The Kier molecular flexibility index (Phi) is 4.31. The fourth-order valence-corrected chi connectivity index (χ4v) is 3.08. The predicted octanol–water partition coefficient (Wildman–Crippen LogP) is 3.19. The highest BCUT2D eigenvalue weighted by Crippen LogP contribution is 2.34. The molecule has 8 heteroatoms. The minimum absolute atomic E-state index is 0.0197. The summed E-state index contributed by atoms with van der Waals surface area (Å²) in [5.41, 5.74) is 7.79. The lowest BCUT2D eigenvalue weighted by atomic mass is 10.1. The molecule has 1 aromatic heterocycles. The number of rotatable bonds is 3. The van der Waals surface area contributed by atoms with Crippen LogP contribution >= 0.6 is 11.8 Å². The Balaban J connectivity index is 2.09. The molecule has 1 aromatic carbocycles. The summed E-state index contributed by atoms with van der Waals surface area (Å²) < 4.78 is 13.6. The second-order valence-corrected chi connectivity index (χ2v) is 6.25. The standard InChI is InChI=1S/C16H18FN5OS/c1-4-21-14-10(7-19-15(20-14)24-3)8-22(16(21)23)13-6-12(18)11(17)5-9(13)2/h5-7H,4,8,18H2,1-3H3. The Labute approximate surface area is 143 Å². The summed E-state index contributed by atoms with van der Waals surface area (Å²) in [4.78, 5) is 24.8. The molecule has 0 spiro atoms. The van der Waals surface area contributed by atoms with Gasteiger partial charge in [-0.15, -0.1) is 0 Å². The van der Waals surface area contributed by atoms with Crippen LogP contribution in [0, 0.1) is 12.7 Å². The van der Waals surface area contributed by atoms with Crippen molar-refractivity contribution in [3.63, 3.8) is 0 Å². The maximum Gasteiger partial charge on any atom is 0.330 e. The van der Waals surface area contributed by atoms with E-state index in [2.05, 4.69) is 9.97 Å². The fraction of sp³-hybridized carbons (Fsp3) is 0.312. The molecule has 2 N–H and O–H groups in total. The first kappa shape index (κ1) is 16.5. The van der Waals surface area contributed by atoms with Crippen LogP contribution in [-0.2, 0) is 6.54 Å².